The first-order valence-electron chi connectivity index (χ1n) is 9.32. The van der Waals surface area contributed by atoms with Gasteiger partial charge >= 0.3 is 0 Å². The van der Waals surface area contributed by atoms with Crippen molar-refractivity contribution in [2.75, 3.05) is 13.7 Å². The number of methoxy groups -OCH3 is 1. The lowest BCUT2D eigenvalue weighted by Crippen LogP contribution is -2.39. The first-order chi connectivity index (χ1) is 14.1. The molecule has 0 aliphatic carbocycles. The number of nitrogens with one attached hydrogen (secondary N) is 2. The van der Waals surface area contributed by atoms with Crippen LogP contribution in [0.2, 0.25) is 0 Å². The summed E-state index contributed by atoms with van der Waals surface area (Å²) in [6, 6.07) is 10.9. The van der Waals surface area contributed by atoms with E-state index >= 15 is 0 Å². The van der Waals surface area contributed by atoms with Crippen molar-refractivity contribution >= 4 is 21.7 Å². The summed E-state index contributed by atoms with van der Waals surface area (Å²) in [5, 5.41) is 2.76. The van der Waals surface area contributed by atoms with Gasteiger partial charge in [-0.2, -0.15) is 0 Å². The van der Waals surface area contributed by atoms with Gasteiger partial charge in [-0.15, -0.1) is 0 Å². The van der Waals surface area contributed by atoms with Crippen LogP contribution in [0.1, 0.15) is 42.3 Å². The number of halogens is 1. The third-order valence-corrected chi connectivity index (χ3v) is 5.99. The van der Waals surface area contributed by atoms with E-state index in [0.29, 0.717) is 11.1 Å². The van der Waals surface area contributed by atoms with E-state index in [4.69, 9.17) is 4.74 Å². The second-order valence-electron chi connectivity index (χ2n) is 6.79. The third-order valence-electron chi connectivity index (χ3n) is 4.51. The van der Waals surface area contributed by atoms with Crippen LogP contribution in [-0.2, 0) is 19.6 Å². The van der Waals surface area contributed by atoms with E-state index in [1.165, 1.54) is 50.4 Å². The fourth-order valence-electron chi connectivity index (χ4n) is 2.93. The number of sulfonamides is 1. The summed E-state index contributed by atoms with van der Waals surface area (Å²) >= 11 is 0. The van der Waals surface area contributed by atoms with Gasteiger partial charge in [-0.1, -0.05) is 24.3 Å². The molecule has 2 aromatic carbocycles. The number of Topliss-reactive ketones (excluding diaryl/α,β-unsaturated/α-hetero) is 1. The second-order valence-corrected chi connectivity index (χ2v) is 8.56. The Morgan fingerprint density at radius 2 is 1.67 bits per heavy atom. The van der Waals surface area contributed by atoms with Crippen LogP contribution in [0.25, 0.3) is 0 Å². The Morgan fingerprint density at radius 1 is 1.07 bits per heavy atom. The van der Waals surface area contributed by atoms with Crippen molar-refractivity contribution in [3.8, 4) is 0 Å². The molecule has 0 radical (unpaired) electrons. The molecule has 7 nitrogen and oxygen atoms in total. The Hall–Kier alpha value is -2.62. The highest BCUT2D eigenvalue weighted by molar-refractivity contribution is 7.89. The number of hydrogen-bond donors (Lipinski definition) is 2. The maximum absolute atomic E-state index is 13.1. The molecule has 0 heterocycles. The molecule has 2 aromatic rings. The van der Waals surface area contributed by atoms with Gasteiger partial charge < -0.3 is 10.1 Å². The van der Waals surface area contributed by atoms with Gasteiger partial charge in [0, 0.05) is 25.6 Å². The molecule has 2 atom stereocenters. The fraction of sp³-hybridized carbons (Fsp3) is 0.333. The van der Waals surface area contributed by atoms with E-state index in [1.807, 2.05) is 0 Å². The minimum Gasteiger partial charge on any atom is -0.375 e. The first-order valence-corrected chi connectivity index (χ1v) is 10.8. The molecular weight excluding hydrogens is 411 g/mol. The largest absolute Gasteiger partial charge is 0.375 e. The average Bonchev–Trinajstić information content (AvgIpc) is 2.69. The lowest BCUT2D eigenvalue weighted by atomic mass is 10.0. The van der Waals surface area contributed by atoms with Crippen LogP contribution >= 0.6 is 0 Å². The number of amides is 1. The molecule has 1 amide bonds. The predicted molar refractivity (Wildman–Crippen MR) is 110 cm³/mol. The smallest absolute Gasteiger partial charge is 0.240 e. The van der Waals surface area contributed by atoms with Gasteiger partial charge in [0.2, 0.25) is 15.9 Å². The maximum Gasteiger partial charge on any atom is 0.240 e. The van der Waals surface area contributed by atoms with Crippen LogP contribution in [0.4, 0.5) is 4.39 Å². The minimum atomic E-state index is -3.80. The summed E-state index contributed by atoms with van der Waals surface area (Å²) in [6.45, 7) is 3.05. The van der Waals surface area contributed by atoms with E-state index in [2.05, 4.69) is 10.0 Å². The molecule has 0 aliphatic heterocycles. The molecular formula is C21H25FN2O5S. The summed E-state index contributed by atoms with van der Waals surface area (Å²) in [7, 11) is -2.31. The Kier molecular flexibility index (Phi) is 8.22. The molecule has 162 valence electrons. The van der Waals surface area contributed by atoms with Gasteiger partial charge in [0.15, 0.2) is 5.78 Å². The number of ether oxygens (including phenoxy) is 1. The van der Waals surface area contributed by atoms with Crippen molar-refractivity contribution in [2.24, 2.45) is 0 Å². The first kappa shape index (κ1) is 23.7. The van der Waals surface area contributed by atoms with Crippen molar-refractivity contribution < 1.29 is 27.1 Å². The zero-order valence-electron chi connectivity index (χ0n) is 17.0. The van der Waals surface area contributed by atoms with Crippen LogP contribution < -0.4 is 10.0 Å². The monoisotopic (exact) mass is 436 g/mol. The zero-order chi connectivity index (χ0) is 22.3. The lowest BCUT2D eigenvalue weighted by molar-refractivity contribution is -0.122. The van der Waals surface area contributed by atoms with Gasteiger partial charge in [-0.05, 0) is 43.7 Å². The summed E-state index contributed by atoms with van der Waals surface area (Å²) in [6.07, 6.45) is -0.555. The lowest BCUT2D eigenvalue weighted by Gasteiger charge is -2.24. The number of rotatable bonds is 10. The van der Waals surface area contributed by atoms with Crippen LogP contribution in [0.5, 0.6) is 0 Å². The van der Waals surface area contributed by atoms with Gasteiger partial charge in [0.25, 0.3) is 0 Å². The Morgan fingerprint density at radius 3 is 2.20 bits per heavy atom. The molecule has 0 spiro atoms. The molecule has 0 aromatic heterocycles. The Labute approximate surface area is 175 Å². The van der Waals surface area contributed by atoms with Gasteiger partial charge in [-0.3, -0.25) is 9.59 Å². The van der Waals surface area contributed by atoms with Crippen LogP contribution in [-0.4, -0.2) is 39.8 Å². The number of carbonyl (C=O) groups is 2. The van der Waals surface area contributed by atoms with Gasteiger partial charge in [-0.25, -0.2) is 17.5 Å². The second kappa shape index (κ2) is 10.4. The Balaban J connectivity index is 1.88. The molecule has 0 saturated heterocycles. The van der Waals surface area contributed by atoms with Crippen molar-refractivity contribution in [1.82, 2.24) is 10.0 Å². The highest BCUT2D eigenvalue weighted by atomic mass is 32.2. The van der Waals surface area contributed by atoms with Crippen LogP contribution in [0.3, 0.4) is 0 Å². The van der Waals surface area contributed by atoms with Gasteiger partial charge in [0.1, 0.15) is 11.9 Å². The van der Waals surface area contributed by atoms with E-state index in [1.54, 1.807) is 19.1 Å². The number of carbonyl (C=O) groups excluding carboxylic acids is 2. The topological polar surface area (TPSA) is 102 Å². The van der Waals surface area contributed by atoms with Crippen molar-refractivity contribution in [3.63, 3.8) is 0 Å². The highest BCUT2D eigenvalue weighted by Gasteiger charge is 2.21. The Bertz CT molecular complexity index is 975. The fourth-order valence-corrected chi connectivity index (χ4v) is 3.97. The average molecular weight is 437 g/mol. The van der Waals surface area contributed by atoms with E-state index in [9.17, 15) is 22.4 Å². The molecule has 0 fully saturated rings. The molecule has 0 bridgehead atoms. The zero-order valence-corrected chi connectivity index (χ0v) is 17.8. The summed E-state index contributed by atoms with van der Waals surface area (Å²) in [5.41, 5.74) is 1.12. The molecule has 30 heavy (non-hydrogen) atoms. The van der Waals surface area contributed by atoms with E-state index in [-0.39, 0.29) is 35.4 Å². The maximum atomic E-state index is 13.1. The SMILES string of the molecule is CO[C@@H](c1ccc(F)cc1)[C@H](C)NC(=O)CCNS(=O)(=O)c1ccc(C(C)=O)cc1. The predicted octanol–water partition coefficient (Wildman–Crippen LogP) is 2.59. The summed E-state index contributed by atoms with van der Waals surface area (Å²) in [5.74, 6) is -0.887. The van der Waals surface area contributed by atoms with Crippen molar-refractivity contribution in [2.45, 2.75) is 37.3 Å². The molecule has 0 saturated carbocycles. The third kappa shape index (κ3) is 6.45. The van der Waals surface area contributed by atoms with Crippen molar-refractivity contribution in [3.05, 3.63) is 65.5 Å². The molecule has 0 unspecified atom stereocenters. The standard InChI is InChI=1S/C21H25FN2O5S/c1-14(21(29-3)17-4-8-18(22)9-5-17)24-20(26)12-13-23-30(27,28)19-10-6-16(7-11-19)15(2)25/h4-11,14,21,23H,12-13H2,1-3H3,(H,24,26)/t14-,21+/m0/s1. The minimum absolute atomic E-state index is 0.0111. The van der Waals surface area contributed by atoms with Gasteiger partial charge in [0.05, 0.1) is 10.9 Å². The summed E-state index contributed by atoms with van der Waals surface area (Å²) in [4.78, 5) is 23.5. The van der Waals surface area contributed by atoms with Crippen LogP contribution in [0, 0.1) is 5.82 Å². The van der Waals surface area contributed by atoms with E-state index in [0.717, 1.165) is 0 Å². The number of benzene rings is 2. The molecule has 2 rings (SSSR count). The van der Waals surface area contributed by atoms with Crippen LogP contribution in [0.15, 0.2) is 53.4 Å². The van der Waals surface area contributed by atoms with E-state index < -0.39 is 22.2 Å². The van der Waals surface area contributed by atoms with Crippen molar-refractivity contribution in [1.29, 1.82) is 0 Å². The number of hydrogen-bond acceptors (Lipinski definition) is 5. The highest BCUT2D eigenvalue weighted by Crippen LogP contribution is 2.21. The normalized spacial score (nSPS) is 13.5. The number of ketones is 1. The summed E-state index contributed by atoms with van der Waals surface area (Å²) < 4.78 is 45.5. The molecule has 0 aliphatic rings. The quantitative estimate of drug-likeness (QED) is 0.558. The molecule has 9 heteroatoms. The molecule has 2 N–H and O–H groups in total.